The molecule has 2 aromatic carbocycles. The molecule has 0 heterocycles. The number of phenolic OH excluding ortho intramolecular Hbond substituents is 2. The van der Waals surface area contributed by atoms with E-state index in [0.29, 0.717) is 11.1 Å². The van der Waals surface area contributed by atoms with Crippen molar-refractivity contribution in [3.63, 3.8) is 0 Å². The van der Waals surface area contributed by atoms with Gasteiger partial charge in [0.1, 0.15) is 11.8 Å². The van der Waals surface area contributed by atoms with Gasteiger partial charge in [-0.15, -0.1) is 0 Å². The third kappa shape index (κ3) is 5.41. The van der Waals surface area contributed by atoms with E-state index >= 15 is 0 Å². The number of phenols is 2. The Morgan fingerprint density at radius 2 is 1.64 bits per heavy atom. The lowest BCUT2D eigenvalue weighted by Gasteiger charge is -2.13. The number of nitrogens with one attached hydrogen (secondary N) is 1. The highest BCUT2D eigenvalue weighted by atomic mass is 16.5. The van der Waals surface area contributed by atoms with Crippen LogP contribution in [0.4, 0.5) is 0 Å². The predicted octanol–water partition coefficient (Wildman–Crippen LogP) is 1.94. The van der Waals surface area contributed by atoms with E-state index in [4.69, 9.17) is 9.47 Å². The fraction of sp³-hybridized carbons (Fsp3) is 0.200. The minimum absolute atomic E-state index is 0.0655. The van der Waals surface area contributed by atoms with E-state index in [2.05, 4.69) is 5.32 Å². The molecule has 0 saturated heterocycles. The molecule has 0 aliphatic heterocycles. The first kappa shape index (κ1) is 20.6. The van der Waals surface area contributed by atoms with Crippen LogP contribution in [0.5, 0.6) is 23.0 Å². The summed E-state index contributed by atoms with van der Waals surface area (Å²) >= 11 is 0. The summed E-state index contributed by atoms with van der Waals surface area (Å²) in [6.45, 7) is 0. The number of benzene rings is 2. The zero-order valence-corrected chi connectivity index (χ0v) is 15.4. The molecule has 28 heavy (non-hydrogen) atoms. The van der Waals surface area contributed by atoms with Crippen LogP contribution in [0.1, 0.15) is 11.1 Å². The molecule has 0 bridgehead atoms. The third-order valence-corrected chi connectivity index (χ3v) is 3.92. The quantitative estimate of drug-likeness (QED) is 0.510. The monoisotopic (exact) mass is 387 g/mol. The van der Waals surface area contributed by atoms with Crippen molar-refractivity contribution in [2.45, 2.75) is 12.5 Å². The summed E-state index contributed by atoms with van der Waals surface area (Å²) < 4.78 is 10.1. The van der Waals surface area contributed by atoms with Crippen molar-refractivity contribution in [1.29, 1.82) is 0 Å². The zero-order valence-electron chi connectivity index (χ0n) is 15.4. The highest BCUT2D eigenvalue weighted by Crippen LogP contribution is 2.37. The molecule has 148 valence electrons. The van der Waals surface area contributed by atoms with Gasteiger partial charge in [0.25, 0.3) is 0 Å². The average molecular weight is 387 g/mol. The van der Waals surface area contributed by atoms with Crippen LogP contribution < -0.4 is 14.8 Å². The SMILES string of the molecule is COc1cc(/C=C/C(=O)NC(Cc2ccc(O)cc2)C(=O)O)cc(OC)c1O. The Morgan fingerprint density at radius 3 is 2.14 bits per heavy atom. The Hall–Kier alpha value is -3.68. The molecule has 0 aromatic heterocycles. The van der Waals surface area contributed by atoms with Gasteiger partial charge in [0, 0.05) is 12.5 Å². The number of amides is 1. The first-order valence-electron chi connectivity index (χ1n) is 8.28. The minimum Gasteiger partial charge on any atom is -0.508 e. The topological polar surface area (TPSA) is 125 Å². The second-order valence-corrected chi connectivity index (χ2v) is 5.88. The van der Waals surface area contributed by atoms with E-state index in [0.717, 1.165) is 0 Å². The fourth-order valence-electron chi connectivity index (χ4n) is 2.47. The minimum atomic E-state index is -1.18. The van der Waals surface area contributed by atoms with Crippen LogP contribution in [0.25, 0.3) is 6.08 Å². The summed E-state index contributed by atoms with van der Waals surface area (Å²) in [4.78, 5) is 23.6. The van der Waals surface area contributed by atoms with Gasteiger partial charge in [-0.1, -0.05) is 12.1 Å². The van der Waals surface area contributed by atoms with Gasteiger partial charge in [0.2, 0.25) is 11.7 Å². The van der Waals surface area contributed by atoms with Gasteiger partial charge in [-0.25, -0.2) is 4.79 Å². The van der Waals surface area contributed by atoms with Crippen molar-refractivity contribution in [3.8, 4) is 23.0 Å². The maximum atomic E-state index is 12.1. The Bertz CT molecular complexity index is 850. The van der Waals surface area contributed by atoms with Crippen LogP contribution in [0.15, 0.2) is 42.5 Å². The van der Waals surface area contributed by atoms with Crippen LogP contribution in [0.3, 0.4) is 0 Å². The molecule has 8 heteroatoms. The molecule has 1 atom stereocenters. The Balaban J connectivity index is 2.10. The highest BCUT2D eigenvalue weighted by molar-refractivity contribution is 5.94. The highest BCUT2D eigenvalue weighted by Gasteiger charge is 2.19. The number of hydrogen-bond donors (Lipinski definition) is 4. The maximum absolute atomic E-state index is 12.1. The summed E-state index contributed by atoms with van der Waals surface area (Å²) in [6.07, 6.45) is 2.69. The van der Waals surface area contributed by atoms with Crippen LogP contribution in [0, 0.1) is 0 Å². The number of carbonyl (C=O) groups excluding carboxylic acids is 1. The van der Waals surface area contributed by atoms with Gasteiger partial charge in [-0.3, -0.25) is 4.79 Å². The molecule has 0 radical (unpaired) electrons. The third-order valence-electron chi connectivity index (χ3n) is 3.92. The van der Waals surface area contributed by atoms with Crippen molar-refractivity contribution in [2.75, 3.05) is 14.2 Å². The predicted molar refractivity (Wildman–Crippen MR) is 102 cm³/mol. The summed E-state index contributed by atoms with van der Waals surface area (Å²) in [7, 11) is 2.77. The zero-order chi connectivity index (χ0) is 20.7. The summed E-state index contributed by atoms with van der Waals surface area (Å²) in [6, 6.07) is 7.94. The van der Waals surface area contributed by atoms with Crippen LogP contribution in [0.2, 0.25) is 0 Å². The average Bonchev–Trinajstić information content (AvgIpc) is 2.68. The smallest absolute Gasteiger partial charge is 0.326 e. The molecule has 8 nitrogen and oxygen atoms in total. The van der Waals surface area contributed by atoms with E-state index in [1.165, 1.54) is 50.6 Å². The lowest BCUT2D eigenvalue weighted by molar-refractivity contribution is -0.141. The van der Waals surface area contributed by atoms with Crippen molar-refractivity contribution in [1.82, 2.24) is 5.32 Å². The number of carbonyl (C=O) groups is 2. The van der Waals surface area contributed by atoms with E-state index in [-0.39, 0.29) is 29.4 Å². The molecule has 0 fully saturated rings. The summed E-state index contributed by atoms with van der Waals surface area (Å²) in [5, 5.41) is 30.9. The van der Waals surface area contributed by atoms with Gasteiger partial charge < -0.3 is 30.1 Å². The van der Waals surface area contributed by atoms with E-state index in [1.54, 1.807) is 12.1 Å². The number of rotatable bonds is 8. The molecular weight excluding hydrogens is 366 g/mol. The first-order valence-corrected chi connectivity index (χ1v) is 8.28. The largest absolute Gasteiger partial charge is 0.508 e. The molecule has 1 amide bonds. The lowest BCUT2D eigenvalue weighted by Crippen LogP contribution is -2.41. The number of aromatic hydroxyl groups is 2. The van der Waals surface area contributed by atoms with Crippen molar-refractivity contribution in [3.05, 3.63) is 53.6 Å². The van der Waals surface area contributed by atoms with E-state index in [9.17, 15) is 24.9 Å². The van der Waals surface area contributed by atoms with Gasteiger partial charge in [-0.2, -0.15) is 0 Å². The van der Waals surface area contributed by atoms with Gasteiger partial charge >= 0.3 is 5.97 Å². The standard InChI is InChI=1S/C20H21NO7/c1-27-16-10-13(11-17(28-2)19(16)24)5-8-18(23)21-15(20(25)26)9-12-3-6-14(22)7-4-12/h3-8,10-11,15,22,24H,9H2,1-2H3,(H,21,23)(H,25,26)/b8-5+. The van der Waals surface area contributed by atoms with Crippen molar-refractivity contribution >= 4 is 18.0 Å². The number of carboxylic acid groups (broad SMARTS) is 1. The summed E-state index contributed by atoms with van der Waals surface area (Å²) in [5.41, 5.74) is 1.18. The van der Waals surface area contributed by atoms with Gasteiger partial charge in [0.15, 0.2) is 11.5 Å². The molecule has 0 aliphatic rings. The van der Waals surface area contributed by atoms with Crippen molar-refractivity contribution in [2.24, 2.45) is 0 Å². The Labute approximate surface area is 161 Å². The first-order chi connectivity index (χ1) is 13.3. The second kappa shape index (κ2) is 9.31. The molecule has 0 aliphatic carbocycles. The summed E-state index contributed by atoms with van der Waals surface area (Å²) in [5.74, 6) is -1.51. The fourth-order valence-corrected chi connectivity index (χ4v) is 2.47. The van der Waals surface area contributed by atoms with Crippen LogP contribution >= 0.6 is 0 Å². The number of methoxy groups -OCH3 is 2. The van der Waals surface area contributed by atoms with E-state index in [1.807, 2.05) is 0 Å². The molecule has 2 rings (SSSR count). The van der Waals surface area contributed by atoms with Crippen molar-refractivity contribution < 1.29 is 34.4 Å². The Kier molecular flexibility index (Phi) is 6.86. The molecule has 0 saturated carbocycles. The van der Waals surface area contributed by atoms with Gasteiger partial charge in [0.05, 0.1) is 14.2 Å². The van der Waals surface area contributed by atoms with E-state index < -0.39 is 17.9 Å². The van der Waals surface area contributed by atoms with Crippen LogP contribution in [-0.4, -0.2) is 47.5 Å². The maximum Gasteiger partial charge on any atom is 0.326 e. The number of hydrogen-bond acceptors (Lipinski definition) is 6. The second-order valence-electron chi connectivity index (χ2n) is 5.88. The normalized spacial score (nSPS) is 11.8. The number of carboxylic acids is 1. The lowest BCUT2D eigenvalue weighted by atomic mass is 10.1. The Morgan fingerprint density at radius 1 is 1.07 bits per heavy atom. The number of ether oxygens (including phenoxy) is 2. The molecule has 4 N–H and O–H groups in total. The molecule has 2 aromatic rings. The molecular formula is C20H21NO7. The van der Waals surface area contributed by atoms with Crippen LogP contribution in [-0.2, 0) is 16.0 Å². The molecule has 0 spiro atoms. The molecule has 1 unspecified atom stereocenters. The van der Waals surface area contributed by atoms with Gasteiger partial charge in [-0.05, 0) is 41.5 Å². The number of aliphatic carboxylic acids is 1.